The van der Waals surface area contributed by atoms with Crippen molar-refractivity contribution in [3.63, 3.8) is 0 Å². The first kappa shape index (κ1) is 20.0. The topological polar surface area (TPSA) is 62.1 Å². The van der Waals surface area contributed by atoms with Crippen LogP contribution in [0.4, 0.5) is 5.82 Å². The molecular formula is C24H29N5O. The van der Waals surface area contributed by atoms with Gasteiger partial charge in [-0.25, -0.2) is 15.0 Å². The lowest BCUT2D eigenvalue weighted by molar-refractivity contribution is 0.312. The normalized spacial score (nSPS) is 19.0. The SMILES string of the molecule is CN1C/C=C/CCCOc2cccc(c2)C2=NC(=NC=CC2)Nc2cc(ccn2)C1.[HH]. The van der Waals surface area contributed by atoms with E-state index in [1.807, 2.05) is 36.5 Å². The molecule has 1 aromatic heterocycles. The number of hydrogen-bond acceptors (Lipinski definition) is 6. The molecule has 6 heteroatoms. The summed E-state index contributed by atoms with van der Waals surface area (Å²) in [5.41, 5.74) is 3.17. The van der Waals surface area contributed by atoms with Crippen molar-refractivity contribution < 1.29 is 6.16 Å². The quantitative estimate of drug-likeness (QED) is 0.650. The van der Waals surface area contributed by atoms with Gasteiger partial charge >= 0.3 is 0 Å². The molecule has 1 N–H and O–H groups in total. The maximum absolute atomic E-state index is 5.96. The molecule has 0 saturated heterocycles. The summed E-state index contributed by atoms with van der Waals surface area (Å²) in [6.45, 7) is 2.44. The molecule has 6 bridgehead atoms. The number of rotatable bonds is 0. The van der Waals surface area contributed by atoms with Gasteiger partial charge < -0.3 is 10.1 Å². The molecule has 2 aliphatic rings. The van der Waals surface area contributed by atoms with Crippen LogP contribution in [-0.2, 0) is 6.54 Å². The first-order valence-corrected chi connectivity index (χ1v) is 10.4. The van der Waals surface area contributed by atoms with E-state index in [0.717, 1.165) is 48.8 Å². The summed E-state index contributed by atoms with van der Waals surface area (Å²) < 4.78 is 5.96. The summed E-state index contributed by atoms with van der Waals surface area (Å²) in [7, 11) is 2.12. The van der Waals surface area contributed by atoms with Crippen LogP contribution in [-0.4, -0.2) is 41.8 Å². The fourth-order valence-corrected chi connectivity index (χ4v) is 3.39. The summed E-state index contributed by atoms with van der Waals surface area (Å²) in [5.74, 6) is 2.14. The number of benzene rings is 1. The average molecular weight is 404 g/mol. The second-order valence-corrected chi connectivity index (χ2v) is 7.46. The second kappa shape index (κ2) is 9.98. The molecule has 0 amide bonds. The van der Waals surface area contributed by atoms with E-state index in [0.29, 0.717) is 19.0 Å². The molecule has 4 rings (SSSR count). The first-order valence-electron chi connectivity index (χ1n) is 10.4. The first-order chi connectivity index (χ1) is 14.8. The zero-order chi connectivity index (χ0) is 20.6. The Balaban J connectivity index is 0.00000272. The van der Waals surface area contributed by atoms with Gasteiger partial charge in [-0.15, -0.1) is 0 Å². The second-order valence-electron chi connectivity index (χ2n) is 7.46. The van der Waals surface area contributed by atoms with Gasteiger partial charge in [0.05, 0.1) is 12.3 Å². The minimum absolute atomic E-state index is 0. The van der Waals surface area contributed by atoms with E-state index in [9.17, 15) is 0 Å². The Kier molecular flexibility index (Phi) is 6.67. The molecule has 0 saturated carbocycles. The number of aliphatic imine (C=N–C) groups is 2. The van der Waals surface area contributed by atoms with Crippen molar-refractivity contribution >= 4 is 17.5 Å². The van der Waals surface area contributed by atoms with Crippen LogP contribution in [0, 0.1) is 0 Å². The zero-order valence-electron chi connectivity index (χ0n) is 17.3. The lowest BCUT2D eigenvalue weighted by atomic mass is 10.1. The number of guanidine groups is 1. The van der Waals surface area contributed by atoms with Crippen molar-refractivity contribution in [3.05, 3.63) is 78.1 Å². The Morgan fingerprint density at radius 3 is 3.07 bits per heavy atom. The standard InChI is InChI=1S/C24H27N5O.H2/c1-29-14-4-2-3-5-15-30-21-9-6-8-20(17-21)22-10-7-12-26-24(27-22)28-23-16-19(18-29)11-13-25-23;/h2,4,6-9,11-13,16-17H,3,5,10,14-15,18H2,1H3,(H,25,26,28);1H/b4-2+;. The monoisotopic (exact) mass is 403 g/mol. The number of ether oxygens (including phenoxy) is 1. The van der Waals surface area contributed by atoms with Gasteiger partial charge in [-0.3, -0.25) is 4.90 Å². The van der Waals surface area contributed by atoms with Crippen molar-refractivity contribution in [1.82, 2.24) is 9.88 Å². The molecule has 30 heavy (non-hydrogen) atoms. The fraction of sp³-hybridized carbons (Fsp3) is 0.292. The largest absolute Gasteiger partial charge is 0.494 e. The highest BCUT2D eigenvalue weighted by Gasteiger charge is 2.10. The molecule has 6 nitrogen and oxygen atoms in total. The van der Waals surface area contributed by atoms with Crippen LogP contribution < -0.4 is 10.1 Å². The van der Waals surface area contributed by atoms with Crippen LogP contribution in [0.15, 0.2) is 77.0 Å². The summed E-state index contributed by atoms with van der Waals surface area (Å²) in [4.78, 5) is 15.9. The molecule has 0 unspecified atom stereocenters. The van der Waals surface area contributed by atoms with Gasteiger partial charge in [0.15, 0.2) is 0 Å². The summed E-state index contributed by atoms with van der Waals surface area (Å²) >= 11 is 0. The number of hydrogen-bond donors (Lipinski definition) is 1. The highest BCUT2D eigenvalue weighted by Crippen LogP contribution is 2.18. The summed E-state index contributed by atoms with van der Waals surface area (Å²) in [6.07, 6.45) is 12.8. The van der Waals surface area contributed by atoms with Gasteiger partial charge in [0.1, 0.15) is 11.6 Å². The number of nitrogens with one attached hydrogen (secondary N) is 1. The Bertz CT molecular complexity index is 999. The highest BCUT2D eigenvalue weighted by atomic mass is 16.5. The highest BCUT2D eigenvalue weighted by molar-refractivity contribution is 6.11. The molecule has 2 aliphatic heterocycles. The number of likely N-dealkylation sites (N-methyl/N-ethyl adjacent to an activating group) is 1. The average Bonchev–Trinajstić information content (AvgIpc) is 2.98. The van der Waals surface area contributed by atoms with Crippen LogP contribution in [0.1, 0.15) is 31.8 Å². The summed E-state index contributed by atoms with van der Waals surface area (Å²) in [6, 6.07) is 12.2. The van der Waals surface area contributed by atoms with E-state index in [1.165, 1.54) is 5.56 Å². The van der Waals surface area contributed by atoms with Gasteiger partial charge in [-0.2, -0.15) is 0 Å². The predicted molar refractivity (Wildman–Crippen MR) is 124 cm³/mol. The number of aromatic nitrogens is 1. The third kappa shape index (κ3) is 5.64. The number of fused-ring (bicyclic) bond motifs is 6. The predicted octanol–water partition coefficient (Wildman–Crippen LogP) is 4.66. The van der Waals surface area contributed by atoms with E-state index in [1.54, 1.807) is 6.20 Å². The zero-order valence-corrected chi connectivity index (χ0v) is 17.3. The van der Waals surface area contributed by atoms with E-state index in [2.05, 4.69) is 51.5 Å². The summed E-state index contributed by atoms with van der Waals surface area (Å²) in [5, 5.41) is 3.26. The Morgan fingerprint density at radius 1 is 1.13 bits per heavy atom. The Labute approximate surface area is 179 Å². The minimum Gasteiger partial charge on any atom is -0.494 e. The van der Waals surface area contributed by atoms with Crippen molar-refractivity contribution in [1.29, 1.82) is 0 Å². The van der Waals surface area contributed by atoms with E-state index >= 15 is 0 Å². The van der Waals surface area contributed by atoms with Crippen LogP contribution in [0.5, 0.6) is 5.75 Å². The molecule has 0 atom stereocenters. The van der Waals surface area contributed by atoms with Crippen molar-refractivity contribution in [2.75, 3.05) is 25.5 Å². The maximum Gasteiger partial charge on any atom is 0.228 e. The molecule has 0 radical (unpaired) electrons. The van der Waals surface area contributed by atoms with Crippen molar-refractivity contribution in [2.45, 2.75) is 25.8 Å². The van der Waals surface area contributed by atoms with E-state index < -0.39 is 0 Å². The van der Waals surface area contributed by atoms with Crippen molar-refractivity contribution in [2.24, 2.45) is 9.98 Å². The molecule has 2 aromatic rings. The van der Waals surface area contributed by atoms with Crippen LogP contribution >= 0.6 is 0 Å². The molecule has 1 aromatic carbocycles. The third-order valence-corrected chi connectivity index (χ3v) is 4.91. The number of nitrogens with zero attached hydrogens (tertiary/aromatic N) is 4. The van der Waals surface area contributed by atoms with Crippen LogP contribution in [0.3, 0.4) is 0 Å². The van der Waals surface area contributed by atoms with E-state index in [4.69, 9.17) is 9.73 Å². The molecule has 3 heterocycles. The minimum atomic E-state index is 0. The van der Waals surface area contributed by atoms with Gasteiger partial charge in [0.2, 0.25) is 5.96 Å². The molecule has 156 valence electrons. The smallest absolute Gasteiger partial charge is 0.228 e. The lowest BCUT2D eigenvalue weighted by Crippen LogP contribution is -2.18. The Morgan fingerprint density at radius 2 is 2.10 bits per heavy atom. The van der Waals surface area contributed by atoms with Gasteiger partial charge in [0.25, 0.3) is 0 Å². The molecule has 0 spiro atoms. The lowest BCUT2D eigenvalue weighted by Gasteiger charge is -2.15. The number of pyridine rings is 1. The number of anilines is 1. The maximum atomic E-state index is 5.96. The third-order valence-electron chi connectivity index (χ3n) is 4.91. The van der Waals surface area contributed by atoms with Crippen LogP contribution in [0.25, 0.3) is 0 Å². The number of allylic oxidation sites excluding steroid dienone is 2. The van der Waals surface area contributed by atoms with Crippen LogP contribution in [0.2, 0.25) is 0 Å². The van der Waals surface area contributed by atoms with Crippen molar-refractivity contribution in [3.8, 4) is 5.75 Å². The van der Waals surface area contributed by atoms with E-state index in [-0.39, 0.29) is 1.43 Å². The molecule has 0 aliphatic carbocycles. The molecular weight excluding hydrogens is 374 g/mol. The van der Waals surface area contributed by atoms with Gasteiger partial charge in [-0.1, -0.05) is 30.4 Å². The molecule has 0 fully saturated rings. The van der Waals surface area contributed by atoms with Gasteiger partial charge in [-0.05, 0) is 49.7 Å². The Hall–Kier alpha value is -3.25. The fourth-order valence-electron chi connectivity index (χ4n) is 3.39. The van der Waals surface area contributed by atoms with Gasteiger partial charge in [0, 0.05) is 38.9 Å².